The van der Waals surface area contributed by atoms with Gasteiger partial charge in [-0.15, -0.1) is 0 Å². The first-order valence-electron chi connectivity index (χ1n) is 5.26. The lowest BCUT2D eigenvalue weighted by Gasteiger charge is -2.12. The van der Waals surface area contributed by atoms with E-state index >= 15 is 0 Å². The third kappa shape index (κ3) is 3.46. The molecule has 0 aromatic heterocycles. The second-order valence-corrected chi connectivity index (χ2v) is 5.75. The van der Waals surface area contributed by atoms with Crippen LogP contribution in [0.5, 0.6) is 0 Å². The highest BCUT2D eigenvalue weighted by atomic mass is 32.2. The molecule has 1 unspecified atom stereocenters. The average Bonchev–Trinajstić information content (AvgIpc) is 2.31. The normalized spacial score (nSPS) is 13.3. The van der Waals surface area contributed by atoms with Crippen molar-refractivity contribution in [2.24, 2.45) is 0 Å². The Bertz CT molecular complexity index is 602. The van der Waals surface area contributed by atoms with Gasteiger partial charge in [-0.3, -0.25) is 10.1 Å². The van der Waals surface area contributed by atoms with Crippen molar-refractivity contribution in [2.75, 3.05) is 6.61 Å². The first-order chi connectivity index (χ1) is 8.69. The van der Waals surface area contributed by atoms with Gasteiger partial charge in [0.05, 0.1) is 16.4 Å². The Morgan fingerprint density at radius 3 is 2.58 bits per heavy atom. The summed E-state index contributed by atoms with van der Waals surface area (Å²) in [5.74, 6) is -1.07. The molecule has 9 heteroatoms. The van der Waals surface area contributed by atoms with Crippen LogP contribution >= 0.6 is 0 Å². The Morgan fingerprint density at radius 1 is 1.53 bits per heavy atom. The molecule has 2 N–H and O–H groups in total. The number of aryl methyl sites for hydroxylation is 1. The van der Waals surface area contributed by atoms with E-state index in [0.29, 0.717) is 6.07 Å². The molecule has 1 rings (SSSR count). The predicted octanol–water partition coefficient (Wildman–Crippen LogP) is 0.701. The first kappa shape index (κ1) is 15.5. The van der Waals surface area contributed by atoms with Crippen LogP contribution in [-0.4, -0.2) is 31.1 Å². The molecule has 0 amide bonds. The summed E-state index contributed by atoms with van der Waals surface area (Å²) in [6.07, 6.45) is 0. The van der Waals surface area contributed by atoms with Crippen molar-refractivity contribution in [3.63, 3.8) is 0 Å². The van der Waals surface area contributed by atoms with Crippen LogP contribution in [0.2, 0.25) is 0 Å². The van der Waals surface area contributed by atoms with Gasteiger partial charge in [-0.1, -0.05) is 0 Å². The Kier molecular flexibility index (Phi) is 4.56. The molecular formula is C10H13FN2O5S. The molecule has 1 aromatic carbocycles. The van der Waals surface area contributed by atoms with E-state index in [4.69, 9.17) is 5.11 Å². The van der Waals surface area contributed by atoms with Crippen LogP contribution in [0.1, 0.15) is 12.5 Å². The summed E-state index contributed by atoms with van der Waals surface area (Å²) in [5.41, 5.74) is -1.05. The molecule has 0 heterocycles. The maximum atomic E-state index is 13.5. The molecule has 7 nitrogen and oxygen atoms in total. The Balaban J connectivity index is 3.32. The number of hydrogen-bond donors (Lipinski definition) is 2. The van der Waals surface area contributed by atoms with Crippen LogP contribution in [-0.2, 0) is 10.0 Å². The number of aliphatic hydroxyl groups is 1. The number of halogens is 1. The summed E-state index contributed by atoms with van der Waals surface area (Å²) >= 11 is 0. The van der Waals surface area contributed by atoms with Gasteiger partial charge in [-0.25, -0.2) is 13.1 Å². The van der Waals surface area contributed by atoms with Gasteiger partial charge in [0.25, 0.3) is 0 Å². The number of nitrogens with one attached hydrogen (secondary N) is 1. The van der Waals surface area contributed by atoms with E-state index in [1.54, 1.807) is 0 Å². The van der Waals surface area contributed by atoms with Crippen LogP contribution in [0.15, 0.2) is 17.0 Å². The molecule has 0 aliphatic rings. The van der Waals surface area contributed by atoms with Crippen molar-refractivity contribution in [3.05, 3.63) is 33.6 Å². The van der Waals surface area contributed by atoms with Crippen molar-refractivity contribution >= 4 is 15.7 Å². The van der Waals surface area contributed by atoms with Crippen molar-refractivity contribution < 1.29 is 22.8 Å². The van der Waals surface area contributed by atoms with Crippen molar-refractivity contribution in [3.8, 4) is 0 Å². The fourth-order valence-electron chi connectivity index (χ4n) is 1.38. The van der Waals surface area contributed by atoms with Crippen LogP contribution < -0.4 is 4.72 Å². The molecule has 106 valence electrons. The molecule has 19 heavy (non-hydrogen) atoms. The lowest BCUT2D eigenvalue weighted by atomic mass is 10.2. The molecule has 0 aliphatic carbocycles. The molecule has 0 bridgehead atoms. The van der Waals surface area contributed by atoms with E-state index in [2.05, 4.69) is 4.72 Å². The molecule has 1 aromatic rings. The average molecular weight is 292 g/mol. The van der Waals surface area contributed by atoms with Crippen LogP contribution in [0.3, 0.4) is 0 Å². The standard InChI is InChI=1S/C10H13FN2O5S/c1-6-3-8(4-9(10(6)11)13(15)16)19(17,18)12-7(2)5-14/h3-4,7,12,14H,5H2,1-2H3. The summed E-state index contributed by atoms with van der Waals surface area (Å²) in [6.45, 7) is 2.22. The number of nitro groups is 1. The molecule has 0 aliphatic heterocycles. The van der Waals surface area contributed by atoms with Gasteiger partial charge < -0.3 is 5.11 Å². The second kappa shape index (κ2) is 5.59. The number of hydrogen-bond acceptors (Lipinski definition) is 5. The molecule has 0 saturated carbocycles. The van der Waals surface area contributed by atoms with Crippen molar-refractivity contribution in [2.45, 2.75) is 24.8 Å². The first-order valence-corrected chi connectivity index (χ1v) is 6.75. The number of nitrogens with zero attached hydrogens (tertiary/aromatic N) is 1. The zero-order valence-corrected chi connectivity index (χ0v) is 11.1. The Morgan fingerprint density at radius 2 is 2.11 bits per heavy atom. The molecule has 0 saturated heterocycles. The smallest absolute Gasteiger partial charge is 0.306 e. The minimum atomic E-state index is -4.05. The van der Waals surface area contributed by atoms with Crippen LogP contribution in [0.25, 0.3) is 0 Å². The predicted molar refractivity (Wildman–Crippen MR) is 64.7 cm³/mol. The highest BCUT2D eigenvalue weighted by Crippen LogP contribution is 2.25. The molecule has 0 fully saturated rings. The molecule has 0 spiro atoms. The van der Waals surface area contributed by atoms with Crippen LogP contribution in [0.4, 0.5) is 10.1 Å². The van der Waals surface area contributed by atoms with Crippen LogP contribution in [0, 0.1) is 22.9 Å². The van der Waals surface area contributed by atoms with Gasteiger partial charge in [0.2, 0.25) is 15.8 Å². The van der Waals surface area contributed by atoms with E-state index in [-0.39, 0.29) is 5.56 Å². The summed E-state index contributed by atoms with van der Waals surface area (Å²) in [5, 5.41) is 19.4. The Hall–Kier alpha value is -1.58. The SMILES string of the molecule is Cc1cc(S(=O)(=O)NC(C)CO)cc([N+](=O)[O-])c1F. The lowest BCUT2D eigenvalue weighted by molar-refractivity contribution is -0.387. The zero-order chi connectivity index (χ0) is 14.8. The third-order valence-electron chi connectivity index (χ3n) is 2.35. The summed E-state index contributed by atoms with van der Waals surface area (Å²) < 4.78 is 39.3. The zero-order valence-electron chi connectivity index (χ0n) is 10.3. The number of sulfonamides is 1. The topological polar surface area (TPSA) is 110 Å². The van der Waals surface area contributed by atoms with Gasteiger partial charge in [-0.2, -0.15) is 4.39 Å². The number of rotatable bonds is 5. The van der Waals surface area contributed by atoms with Gasteiger partial charge in [0, 0.05) is 12.1 Å². The molecule has 1 atom stereocenters. The van der Waals surface area contributed by atoms with Crippen molar-refractivity contribution in [1.82, 2.24) is 4.72 Å². The highest BCUT2D eigenvalue weighted by molar-refractivity contribution is 7.89. The fourth-order valence-corrected chi connectivity index (χ4v) is 2.72. The summed E-state index contributed by atoms with van der Waals surface area (Å²) in [4.78, 5) is 9.23. The largest absolute Gasteiger partial charge is 0.395 e. The maximum Gasteiger partial charge on any atom is 0.306 e. The summed E-state index contributed by atoms with van der Waals surface area (Å²) in [7, 11) is -4.05. The van der Waals surface area contributed by atoms with E-state index in [1.807, 2.05) is 0 Å². The Labute approximate surface area is 109 Å². The minimum Gasteiger partial charge on any atom is -0.395 e. The van der Waals surface area contributed by atoms with Gasteiger partial charge >= 0.3 is 5.69 Å². The van der Waals surface area contributed by atoms with E-state index in [1.165, 1.54) is 13.8 Å². The van der Waals surface area contributed by atoms with Gasteiger partial charge in [0.15, 0.2) is 0 Å². The van der Waals surface area contributed by atoms with Crippen molar-refractivity contribution in [1.29, 1.82) is 0 Å². The fraction of sp³-hybridized carbons (Fsp3) is 0.400. The number of benzene rings is 1. The highest BCUT2D eigenvalue weighted by Gasteiger charge is 2.24. The molecular weight excluding hydrogens is 279 g/mol. The van der Waals surface area contributed by atoms with Gasteiger partial charge in [0.1, 0.15) is 0 Å². The van der Waals surface area contributed by atoms with E-state index < -0.39 is 44.0 Å². The number of nitro benzene ring substituents is 1. The number of aliphatic hydroxyl groups excluding tert-OH is 1. The summed E-state index contributed by atoms with van der Waals surface area (Å²) in [6, 6.07) is 0.887. The monoisotopic (exact) mass is 292 g/mol. The lowest BCUT2D eigenvalue weighted by Crippen LogP contribution is -2.35. The van der Waals surface area contributed by atoms with Gasteiger partial charge in [-0.05, 0) is 25.5 Å². The van der Waals surface area contributed by atoms with E-state index in [0.717, 1.165) is 6.07 Å². The maximum absolute atomic E-state index is 13.5. The molecule has 0 radical (unpaired) electrons. The van der Waals surface area contributed by atoms with E-state index in [9.17, 15) is 22.9 Å². The quantitative estimate of drug-likeness (QED) is 0.613. The minimum absolute atomic E-state index is 0.147. The third-order valence-corrected chi connectivity index (χ3v) is 3.92. The second-order valence-electron chi connectivity index (χ2n) is 4.04.